The molecule has 0 saturated carbocycles. The number of rotatable bonds is 6. The predicted molar refractivity (Wildman–Crippen MR) is 132 cm³/mol. The van der Waals surface area contributed by atoms with Crippen molar-refractivity contribution in [3.05, 3.63) is 71.9 Å². The van der Waals surface area contributed by atoms with E-state index in [4.69, 9.17) is 0 Å². The molecule has 0 aliphatic heterocycles. The number of carbonyl (C=O) groups is 2. The molecule has 0 aliphatic carbocycles. The Morgan fingerprint density at radius 3 is 2.56 bits per heavy atom. The van der Waals surface area contributed by atoms with E-state index in [9.17, 15) is 14.0 Å². The van der Waals surface area contributed by atoms with Gasteiger partial charge in [-0.1, -0.05) is 17.7 Å². The van der Waals surface area contributed by atoms with Crippen molar-refractivity contribution in [1.82, 2.24) is 24.8 Å². The van der Waals surface area contributed by atoms with Gasteiger partial charge in [0.15, 0.2) is 0 Å². The van der Waals surface area contributed by atoms with Gasteiger partial charge in [0.2, 0.25) is 11.9 Å². The minimum Gasteiger partial charge on any atom is -0.358 e. The predicted octanol–water partition coefficient (Wildman–Crippen LogP) is 4.07. The normalized spacial score (nSPS) is 11.0. The van der Waals surface area contributed by atoms with Crippen LogP contribution in [0.15, 0.2) is 59.9 Å². The Kier molecular flexibility index (Phi) is 6.65. The van der Waals surface area contributed by atoms with Crippen LogP contribution in [0.4, 0.5) is 4.39 Å². The highest BCUT2D eigenvalue weighted by Gasteiger charge is 2.18. The van der Waals surface area contributed by atoms with Gasteiger partial charge in [0, 0.05) is 59.7 Å². The zero-order valence-corrected chi connectivity index (χ0v) is 20.1. The van der Waals surface area contributed by atoms with E-state index < -0.39 is 0 Å². The summed E-state index contributed by atoms with van der Waals surface area (Å²) in [6.45, 7) is 1.86. The fraction of sp³-hybridized carbons (Fsp3) is 0.200. The van der Waals surface area contributed by atoms with Crippen molar-refractivity contribution in [2.75, 3.05) is 26.9 Å². The summed E-state index contributed by atoms with van der Waals surface area (Å²) in [5, 5.41) is 3.47. The number of aryl methyl sites for hydroxylation is 1. The van der Waals surface area contributed by atoms with Crippen LogP contribution >= 0.6 is 11.8 Å². The number of likely N-dealkylation sites (N-methyl/N-ethyl adjacent to an activating group) is 2. The van der Waals surface area contributed by atoms with Gasteiger partial charge in [-0.25, -0.2) is 14.4 Å². The van der Waals surface area contributed by atoms with Crippen molar-refractivity contribution in [3.8, 4) is 17.1 Å². The molecule has 0 bridgehead atoms. The van der Waals surface area contributed by atoms with Crippen molar-refractivity contribution < 1.29 is 14.0 Å². The minimum atomic E-state index is -0.331. The number of hydrogen-bond acceptors (Lipinski definition) is 5. The summed E-state index contributed by atoms with van der Waals surface area (Å²) < 4.78 is 16.1. The maximum absolute atomic E-state index is 14.3. The molecule has 4 rings (SSSR count). The van der Waals surface area contributed by atoms with Gasteiger partial charge in [0.05, 0.1) is 12.1 Å². The molecule has 2 heterocycles. The first kappa shape index (κ1) is 23.4. The molecule has 174 valence electrons. The Labute approximate surface area is 201 Å². The number of hydrogen-bond donors (Lipinski definition) is 1. The monoisotopic (exact) mass is 477 g/mol. The van der Waals surface area contributed by atoms with Crippen LogP contribution in [0.25, 0.3) is 28.0 Å². The van der Waals surface area contributed by atoms with Crippen LogP contribution in [-0.4, -0.2) is 58.1 Å². The Balaban J connectivity index is 1.73. The molecule has 0 aliphatic rings. The van der Waals surface area contributed by atoms with Gasteiger partial charge in [-0.2, -0.15) is 0 Å². The number of nitrogens with zero attached hydrogens (tertiary/aromatic N) is 4. The molecule has 0 radical (unpaired) electrons. The van der Waals surface area contributed by atoms with Gasteiger partial charge in [-0.3, -0.25) is 14.2 Å². The Morgan fingerprint density at radius 2 is 1.88 bits per heavy atom. The zero-order chi connectivity index (χ0) is 24.4. The molecule has 1 N–H and O–H groups in total. The molecule has 7 nitrogen and oxygen atoms in total. The van der Waals surface area contributed by atoms with Crippen LogP contribution in [0.1, 0.15) is 15.9 Å². The van der Waals surface area contributed by atoms with Crippen molar-refractivity contribution >= 4 is 34.5 Å². The van der Waals surface area contributed by atoms with Crippen LogP contribution < -0.4 is 5.32 Å². The van der Waals surface area contributed by atoms with Gasteiger partial charge in [-0.05, 0) is 37.4 Å². The summed E-state index contributed by atoms with van der Waals surface area (Å²) >= 11 is 1.58. The number of benzene rings is 2. The third-order valence-electron chi connectivity index (χ3n) is 5.53. The third-order valence-corrected chi connectivity index (χ3v) is 6.29. The number of halogens is 1. The molecule has 0 spiro atoms. The van der Waals surface area contributed by atoms with E-state index in [1.807, 2.05) is 30.0 Å². The molecule has 0 fully saturated rings. The standard InChI is InChI=1S/C25H24FN5O2S/c1-15-5-8-20(26)19(9-15)17-11-28-25(29-12-17)31-13-22(34-4)18-7-6-16(10-21(18)31)24(33)30(3)14-23(32)27-2/h5-13H,14H2,1-4H3,(H,27,32). The van der Waals surface area contributed by atoms with Crippen LogP contribution in [0.5, 0.6) is 0 Å². The first-order chi connectivity index (χ1) is 16.3. The maximum atomic E-state index is 14.3. The topological polar surface area (TPSA) is 80.1 Å². The van der Waals surface area contributed by atoms with E-state index in [2.05, 4.69) is 15.3 Å². The number of nitrogens with one attached hydrogen (secondary N) is 1. The van der Waals surface area contributed by atoms with Gasteiger partial charge in [-0.15, -0.1) is 11.8 Å². The van der Waals surface area contributed by atoms with Crippen LogP contribution in [0.2, 0.25) is 0 Å². The van der Waals surface area contributed by atoms with E-state index in [0.717, 1.165) is 21.4 Å². The second-order valence-electron chi connectivity index (χ2n) is 7.89. The number of thioether (sulfide) groups is 1. The second kappa shape index (κ2) is 9.64. The lowest BCUT2D eigenvalue weighted by atomic mass is 10.1. The van der Waals surface area contributed by atoms with Crippen LogP contribution in [0.3, 0.4) is 0 Å². The van der Waals surface area contributed by atoms with Gasteiger partial charge in [0.1, 0.15) is 5.82 Å². The van der Waals surface area contributed by atoms with Crippen LogP contribution in [0, 0.1) is 12.7 Å². The highest BCUT2D eigenvalue weighted by molar-refractivity contribution is 7.98. The van der Waals surface area contributed by atoms with Crippen molar-refractivity contribution in [3.63, 3.8) is 0 Å². The largest absolute Gasteiger partial charge is 0.358 e. The molecule has 2 amide bonds. The fourth-order valence-electron chi connectivity index (χ4n) is 3.69. The third kappa shape index (κ3) is 4.51. The van der Waals surface area contributed by atoms with Crippen molar-refractivity contribution in [2.45, 2.75) is 11.8 Å². The minimum absolute atomic E-state index is 0.0372. The molecule has 0 saturated heterocycles. The van der Waals surface area contributed by atoms with E-state index in [1.54, 1.807) is 55.5 Å². The average molecular weight is 478 g/mol. The highest BCUT2D eigenvalue weighted by Crippen LogP contribution is 2.31. The van der Waals surface area contributed by atoms with E-state index in [-0.39, 0.29) is 24.2 Å². The summed E-state index contributed by atoms with van der Waals surface area (Å²) in [6.07, 6.45) is 7.08. The molecule has 2 aromatic carbocycles. The summed E-state index contributed by atoms with van der Waals surface area (Å²) in [5.74, 6) is -0.439. The van der Waals surface area contributed by atoms with Gasteiger partial charge < -0.3 is 10.2 Å². The summed E-state index contributed by atoms with van der Waals surface area (Å²) in [4.78, 5) is 35.9. The number of carbonyl (C=O) groups excluding carboxylic acids is 2. The lowest BCUT2D eigenvalue weighted by molar-refractivity contribution is -0.121. The summed E-state index contributed by atoms with van der Waals surface area (Å²) in [7, 11) is 3.11. The van der Waals surface area contributed by atoms with E-state index in [1.165, 1.54) is 18.0 Å². The molecule has 4 aromatic rings. The number of amides is 2. The number of aromatic nitrogens is 3. The number of fused-ring (bicyclic) bond motifs is 1. The highest BCUT2D eigenvalue weighted by atomic mass is 32.2. The Bertz CT molecular complexity index is 1380. The van der Waals surface area contributed by atoms with Gasteiger partial charge in [0.25, 0.3) is 5.91 Å². The molecular weight excluding hydrogens is 453 g/mol. The quantitative estimate of drug-likeness (QED) is 0.424. The molecule has 2 aromatic heterocycles. The lowest BCUT2D eigenvalue weighted by Gasteiger charge is -2.16. The smallest absolute Gasteiger partial charge is 0.254 e. The van der Waals surface area contributed by atoms with Crippen molar-refractivity contribution in [1.29, 1.82) is 0 Å². The Hall–Kier alpha value is -3.72. The SMILES string of the molecule is CNC(=O)CN(C)C(=O)c1ccc2c(SC)cn(-c3ncc(-c4cc(C)ccc4F)cn3)c2c1. The zero-order valence-electron chi connectivity index (χ0n) is 19.3. The average Bonchev–Trinajstić information content (AvgIpc) is 3.23. The Morgan fingerprint density at radius 1 is 1.15 bits per heavy atom. The summed E-state index contributed by atoms with van der Waals surface area (Å²) in [5.41, 5.74) is 3.18. The molecule has 0 unspecified atom stereocenters. The fourth-order valence-corrected chi connectivity index (χ4v) is 4.29. The summed E-state index contributed by atoms with van der Waals surface area (Å²) in [6, 6.07) is 10.3. The van der Waals surface area contributed by atoms with E-state index >= 15 is 0 Å². The van der Waals surface area contributed by atoms with E-state index in [0.29, 0.717) is 22.6 Å². The maximum Gasteiger partial charge on any atom is 0.254 e. The van der Waals surface area contributed by atoms with Crippen molar-refractivity contribution in [2.24, 2.45) is 0 Å². The molecule has 0 atom stereocenters. The first-order valence-corrected chi connectivity index (χ1v) is 11.8. The van der Waals surface area contributed by atoms with Crippen LogP contribution in [-0.2, 0) is 4.79 Å². The molecule has 34 heavy (non-hydrogen) atoms. The lowest BCUT2D eigenvalue weighted by Crippen LogP contribution is -2.36. The molecule has 9 heteroatoms. The van der Waals surface area contributed by atoms with Gasteiger partial charge >= 0.3 is 0 Å². The molecular formula is C25H24FN5O2S. The first-order valence-electron chi connectivity index (χ1n) is 10.6. The second-order valence-corrected chi connectivity index (χ2v) is 8.74.